The van der Waals surface area contributed by atoms with Crippen LogP contribution in [0.1, 0.15) is 17.5 Å². The van der Waals surface area contributed by atoms with Crippen molar-refractivity contribution < 1.29 is 4.39 Å². The molecule has 0 amide bonds. The summed E-state index contributed by atoms with van der Waals surface area (Å²) in [4.78, 5) is 3.58. The number of benzene rings is 1. The van der Waals surface area contributed by atoms with Gasteiger partial charge in [-0.25, -0.2) is 9.38 Å². The van der Waals surface area contributed by atoms with Gasteiger partial charge in [-0.1, -0.05) is 12.1 Å². The van der Waals surface area contributed by atoms with Gasteiger partial charge in [-0.15, -0.1) is 5.10 Å². The lowest BCUT2D eigenvalue weighted by molar-refractivity contribution is 0.321. The fraction of sp³-hybridized carbons (Fsp3) is 0.286. The van der Waals surface area contributed by atoms with Gasteiger partial charge in [0.2, 0.25) is 5.96 Å². The number of aliphatic imine (C=N–C) groups is 1. The highest BCUT2D eigenvalue weighted by Crippen LogP contribution is 2.24. The molecule has 0 saturated carbocycles. The third-order valence-electron chi connectivity index (χ3n) is 3.07. The normalized spacial score (nSPS) is 16.2. The van der Waals surface area contributed by atoms with E-state index in [0.717, 1.165) is 29.7 Å². The van der Waals surface area contributed by atoms with Crippen LogP contribution in [0.25, 0.3) is 5.57 Å². The minimum atomic E-state index is -0.215. The van der Waals surface area contributed by atoms with Crippen molar-refractivity contribution in [3.05, 3.63) is 41.2 Å². The fourth-order valence-electron chi connectivity index (χ4n) is 2.17. The minimum absolute atomic E-state index is 0.164. The maximum absolute atomic E-state index is 13.1. The van der Waals surface area contributed by atoms with Crippen molar-refractivity contribution in [2.75, 3.05) is 13.1 Å². The maximum atomic E-state index is 13.1. The Morgan fingerprint density at radius 1 is 1.47 bits per heavy atom. The van der Waals surface area contributed by atoms with Crippen LogP contribution in [0.4, 0.5) is 4.39 Å². The molecule has 0 saturated heterocycles. The summed E-state index contributed by atoms with van der Waals surface area (Å²) in [5, 5.41) is 6.01. The number of aryl methyl sites for hydroxylation is 1. The lowest BCUT2D eigenvalue weighted by atomic mass is 9.97. The van der Waals surface area contributed by atoms with Crippen molar-refractivity contribution >= 4 is 18.3 Å². The van der Waals surface area contributed by atoms with Crippen LogP contribution in [-0.4, -0.2) is 30.8 Å². The number of nitrogens with two attached hydrogens (primary N) is 1. The summed E-state index contributed by atoms with van der Waals surface area (Å²) < 4.78 is 13.1. The Labute approximate surface area is 112 Å². The molecule has 0 spiro atoms. The number of rotatable bonds is 2. The molecule has 0 unspecified atom stereocenters. The summed E-state index contributed by atoms with van der Waals surface area (Å²) in [5.41, 5.74) is 8.65. The molecule has 1 aliphatic rings. The molecule has 2 N–H and O–H groups in total. The number of guanidine groups is 1. The van der Waals surface area contributed by atoms with Gasteiger partial charge in [0, 0.05) is 6.54 Å². The smallest absolute Gasteiger partial charge is 0.236 e. The van der Waals surface area contributed by atoms with Crippen LogP contribution >= 0.6 is 0 Å². The molecule has 19 heavy (non-hydrogen) atoms. The molecule has 0 atom stereocenters. The number of hydrogen-bond acceptors (Lipinski definition) is 2. The van der Waals surface area contributed by atoms with Crippen LogP contribution in [-0.2, 0) is 0 Å². The van der Waals surface area contributed by atoms with E-state index < -0.39 is 0 Å². The van der Waals surface area contributed by atoms with Crippen molar-refractivity contribution in [3.63, 3.8) is 0 Å². The Bertz CT molecular complexity index is 548. The largest absolute Gasteiger partial charge is 0.367 e. The Kier molecular flexibility index (Phi) is 3.94. The van der Waals surface area contributed by atoms with Crippen LogP contribution in [0.5, 0.6) is 0 Å². The van der Waals surface area contributed by atoms with E-state index in [-0.39, 0.29) is 11.8 Å². The van der Waals surface area contributed by atoms with E-state index >= 15 is 0 Å². The molecular weight excluding hydrogens is 243 g/mol. The van der Waals surface area contributed by atoms with Crippen molar-refractivity contribution in [2.24, 2.45) is 15.8 Å². The number of hydrazone groups is 1. The van der Waals surface area contributed by atoms with Gasteiger partial charge in [0.15, 0.2) is 0 Å². The van der Waals surface area contributed by atoms with Crippen LogP contribution < -0.4 is 5.73 Å². The zero-order chi connectivity index (χ0) is 13.8. The van der Waals surface area contributed by atoms with Gasteiger partial charge in [-0.2, -0.15) is 0 Å². The molecule has 0 aromatic heterocycles. The highest BCUT2D eigenvalue weighted by Gasteiger charge is 2.14. The zero-order valence-corrected chi connectivity index (χ0v) is 10.9. The highest BCUT2D eigenvalue weighted by atomic mass is 19.1. The molecule has 2 rings (SSSR count). The molecule has 0 fully saturated rings. The first-order valence-corrected chi connectivity index (χ1v) is 6.11. The summed E-state index contributed by atoms with van der Waals surface area (Å²) in [6, 6.07) is 4.82. The first kappa shape index (κ1) is 13.3. The standard InChI is InChI=1S/C14H17FN4/c1-10-8-12(15)5-6-13(10)11-4-3-7-19(9-11)18-14(16)17-2/h4-6,8H,2-3,7,9H2,1H3,(H2,16,18). The van der Waals surface area contributed by atoms with Gasteiger partial charge in [0.25, 0.3) is 0 Å². The second-order valence-electron chi connectivity index (χ2n) is 4.48. The summed E-state index contributed by atoms with van der Waals surface area (Å²) >= 11 is 0. The maximum Gasteiger partial charge on any atom is 0.236 e. The van der Waals surface area contributed by atoms with E-state index in [2.05, 4.69) is 22.9 Å². The lowest BCUT2D eigenvalue weighted by Crippen LogP contribution is -2.27. The van der Waals surface area contributed by atoms with Gasteiger partial charge in [-0.3, -0.25) is 5.01 Å². The lowest BCUT2D eigenvalue weighted by Gasteiger charge is -2.25. The Morgan fingerprint density at radius 2 is 2.26 bits per heavy atom. The molecule has 0 bridgehead atoms. The SMILES string of the molecule is C=N/C(N)=N\N1CCC=C(c2ccc(F)cc2C)C1. The van der Waals surface area contributed by atoms with E-state index in [0.29, 0.717) is 6.54 Å². The molecule has 100 valence electrons. The van der Waals surface area contributed by atoms with Crippen LogP contribution in [0.3, 0.4) is 0 Å². The van der Waals surface area contributed by atoms with Gasteiger partial charge < -0.3 is 5.73 Å². The van der Waals surface area contributed by atoms with Crippen LogP contribution in [0, 0.1) is 12.7 Å². The number of halogens is 1. The average molecular weight is 260 g/mol. The predicted molar refractivity (Wildman–Crippen MR) is 76.5 cm³/mol. The van der Waals surface area contributed by atoms with Crippen LogP contribution in [0.2, 0.25) is 0 Å². The third kappa shape index (κ3) is 3.19. The molecule has 1 aromatic carbocycles. The monoisotopic (exact) mass is 260 g/mol. The molecule has 1 heterocycles. The fourth-order valence-corrected chi connectivity index (χ4v) is 2.17. The summed E-state index contributed by atoms with van der Waals surface area (Å²) in [6.45, 7) is 6.68. The van der Waals surface area contributed by atoms with E-state index in [9.17, 15) is 4.39 Å². The Morgan fingerprint density at radius 3 is 2.95 bits per heavy atom. The summed E-state index contributed by atoms with van der Waals surface area (Å²) in [5.74, 6) is -0.0512. The first-order chi connectivity index (χ1) is 9.10. The average Bonchev–Trinajstić information content (AvgIpc) is 2.39. The van der Waals surface area contributed by atoms with E-state index in [1.807, 2.05) is 11.9 Å². The predicted octanol–water partition coefficient (Wildman–Crippen LogP) is 2.15. The second kappa shape index (κ2) is 5.65. The quantitative estimate of drug-likeness (QED) is 0.654. The minimum Gasteiger partial charge on any atom is -0.367 e. The van der Waals surface area contributed by atoms with E-state index in [1.165, 1.54) is 12.1 Å². The third-order valence-corrected chi connectivity index (χ3v) is 3.07. The summed E-state index contributed by atoms with van der Waals surface area (Å²) in [7, 11) is 0. The molecule has 0 aliphatic carbocycles. The van der Waals surface area contributed by atoms with Crippen molar-refractivity contribution in [3.8, 4) is 0 Å². The Balaban J connectivity index is 2.22. The number of hydrogen-bond donors (Lipinski definition) is 1. The Hall–Kier alpha value is -2.17. The topological polar surface area (TPSA) is 54.0 Å². The zero-order valence-electron chi connectivity index (χ0n) is 10.9. The molecule has 1 aliphatic heterocycles. The summed E-state index contributed by atoms with van der Waals surface area (Å²) in [6.07, 6.45) is 3.03. The van der Waals surface area contributed by atoms with Crippen molar-refractivity contribution in [1.29, 1.82) is 0 Å². The molecule has 5 heteroatoms. The van der Waals surface area contributed by atoms with Crippen molar-refractivity contribution in [2.45, 2.75) is 13.3 Å². The molecular formula is C14H17FN4. The van der Waals surface area contributed by atoms with Gasteiger partial charge in [0.05, 0.1) is 6.54 Å². The van der Waals surface area contributed by atoms with Gasteiger partial charge in [-0.05, 0) is 48.9 Å². The molecule has 0 radical (unpaired) electrons. The van der Waals surface area contributed by atoms with Crippen molar-refractivity contribution in [1.82, 2.24) is 5.01 Å². The van der Waals surface area contributed by atoms with E-state index in [1.54, 1.807) is 6.07 Å². The van der Waals surface area contributed by atoms with Crippen LogP contribution in [0.15, 0.2) is 34.4 Å². The molecule has 1 aromatic rings. The number of nitrogens with zero attached hydrogens (tertiary/aromatic N) is 3. The highest BCUT2D eigenvalue weighted by molar-refractivity contribution is 5.82. The second-order valence-corrected chi connectivity index (χ2v) is 4.48. The molecule has 4 nitrogen and oxygen atoms in total. The van der Waals surface area contributed by atoms with Gasteiger partial charge in [0.1, 0.15) is 5.82 Å². The van der Waals surface area contributed by atoms with E-state index in [4.69, 9.17) is 5.73 Å². The van der Waals surface area contributed by atoms with Gasteiger partial charge >= 0.3 is 0 Å². The first-order valence-electron chi connectivity index (χ1n) is 6.11.